The summed E-state index contributed by atoms with van der Waals surface area (Å²) in [5.41, 5.74) is 2.98. The zero-order valence-corrected chi connectivity index (χ0v) is 14.0. The number of carbonyl (C=O) groups excluding carboxylic acids is 1. The second kappa shape index (κ2) is 6.08. The fourth-order valence-electron chi connectivity index (χ4n) is 4.10. The maximum atomic E-state index is 12.4. The SMILES string of the molecule is Cc1c(OC(=O)C2CCCCC2)ccc2c3c(c(=O)oc12)CCC3. The van der Waals surface area contributed by atoms with E-state index >= 15 is 0 Å². The fourth-order valence-corrected chi connectivity index (χ4v) is 4.10. The third kappa shape index (κ3) is 2.54. The highest BCUT2D eigenvalue weighted by Crippen LogP contribution is 2.34. The quantitative estimate of drug-likeness (QED) is 0.474. The van der Waals surface area contributed by atoms with E-state index in [-0.39, 0.29) is 17.5 Å². The third-order valence-corrected chi connectivity index (χ3v) is 5.49. The maximum Gasteiger partial charge on any atom is 0.339 e. The topological polar surface area (TPSA) is 56.5 Å². The first-order valence-electron chi connectivity index (χ1n) is 8.95. The monoisotopic (exact) mass is 326 g/mol. The molecule has 1 fully saturated rings. The van der Waals surface area contributed by atoms with Gasteiger partial charge < -0.3 is 9.15 Å². The summed E-state index contributed by atoms with van der Waals surface area (Å²) in [7, 11) is 0. The number of hydrogen-bond acceptors (Lipinski definition) is 4. The predicted octanol–water partition coefficient (Wildman–Crippen LogP) is 4.08. The molecule has 2 aromatic rings. The molecule has 0 unspecified atom stereocenters. The van der Waals surface area contributed by atoms with Crippen LogP contribution in [0.4, 0.5) is 0 Å². The molecule has 1 aromatic heterocycles. The minimum atomic E-state index is -0.242. The predicted molar refractivity (Wildman–Crippen MR) is 91.5 cm³/mol. The van der Waals surface area contributed by atoms with Crippen molar-refractivity contribution in [2.24, 2.45) is 5.92 Å². The Morgan fingerprint density at radius 2 is 1.83 bits per heavy atom. The summed E-state index contributed by atoms with van der Waals surface area (Å²) < 4.78 is 11.2. The smallest absolute Gasteiger partial charge is 0.339 e. The molecule has 4 heteroatoms. The van der Waals surface area contributed by atoms with Gasteiger partial charge >= 0.3 is 11.6 Å². The molecule has 1 saturated carbocycles. The van der Waals surface area contributed by atoms with Gasteiger partial charge in [0.25, 0.3) is 0 Å². The lowest BCUT2D eigenvalue weighted by Crippen LogP contribution is -2.23. The Morgan fingerprint density at radius 1 is 1.08 bits per heavy atom. The van der Waals surface area contributed by atoms with Crippen LogP contribution in [0.2, 0.25) is 0 Å². The van der Waals surface area contributed by atoms with Gasteiger partial charge in [-0.25, -0.2) is 4.79 Å². The van der Waals surface area contributed by atoms with Gasteiger partial charge in [0.2, 0.25) is 0 Å². The van der Waals surface area contributed by atoms with Crippen LogP contribution in [0.5, 0.6) is 5.75 Å². The molecule has 0 spiro atoms. The summed E-state index contributed by atoms with van der Waals surface area (Å²) in [4.78, 5) is 24.6. The highest BCUT2D eigenvalue weighted by atomic mass is 16.5. The van der Waals surface area contributed by atoms with E-state index in [1.54, 1.807) is 0 Å². The Hall–Kier alpha value is -2.10. The number of benzene rings is 1. The van der Waals surface area contributed by atoms with Crippen LogP contribution in [-0.2, 0) is 17.6 Å². The van der Waals surface area contributed by atoms with Gasteiger partial charge in [0.1, 0.15) is 11.3 Å². The lowest BCUT2D eigenvalue weighted by molar-refractivity contribution is -0.140. The zero-order chi connectivity index (χ0) is 16.7. The normalized spacial score (nSPS) is 17.9. The molecule has 4 rings (SSSR count). The van der Waals surface area contributed by atoms with E-state index in [1.165, 1.54) is 6.42 Å². The highest BCUT2D eigenvalue weighted by molar-refractivity contribution is 5.87. The lowest BCUT2D eigenvalue weighted by atomic mass is 9.89. The highest BCUT2D eigenvalue weighted by Gasteiger charge is 2.25. The Bertz CT molecular complexity index is 856. The van der Waals surface area contributed by atoms with Crippen molar-refractivity contribution in [3.63, 3.8) is 0 Å². The summed E-state index contributed by atoms with van der Waals surface area (Å²) in [6, 6.07) is 3.77. The molecule has 0 radical (unpaired) electrons. The van der Waals surface area contributed by atoms with Gasteiger partial charge in [-0.05, 0) is 56.7 Å². The van der Waals surface area contributed by atoms with E-state index in [2.05, 4.69) is 0 Å². The van der Waals surface area contributed by atoms with Crippen molar-refractivity contribution in [2.45, 2.75) is 58.3 Å². The first kappa shape index (κ1) is 15.4. The van der Waals surface area contributed by atoms with Gasteiger partial charge in [-0.3, -0.25) is 4.79 Å². The van der Waals surface area contributed by atoms with Gasteiger partial charge in [-0.15, -0.1) is 0 Å². The summed E-state index contributed by atoms with van der Waals surface area (Å²) in [6.45, 7) is 1.86. The fraction of sp³-hybridized carbons (Fsp3) is 0.500. The van der Waals surface area contributed by atoms with E-state index in [0.717, 1.165) is 67.0 Å². The molecule has 126 valence electrons. The van der Waals surface area contributed by atoms with Gasteiger partial charge in [0.05, 0.1) is 5.92 Å². The van der Waals surface area contributed by atoms with E-state index in [4.69, 9.17) is 9.15 Å². The minimum absolute atomic E-state index is 0.000811. The number of carbonyl (C=O) groups is 1. The lowest BCUT2D eigenvalue weighted by Gasteiger charge is -2.20. The molecule has 24 heavy (non-hydrogen) atoms. The van der Waals surface area contributed by atoms with E-state index in [0.29, 0.717) is 11.3 Å². The summed E-state index contributed by atoms with van der Waals surface area (Å²) in [5, 5.41) is 0.983. The van der Waals surface area contributed by atoms with Crippen molar-refractivity contribution >= 4 is 16.9 Å². The van der Waals surface area contributed by atoms with Gasteiger partial charge in [0, 0.05) is 16.5 Å². The zero-order valence-electron chi connectivity index (χ0n) is 14.0. The molecule has 0 bridgehead atoms. The number of rotatable bonds is 2. The van der Waals surface area contributed by atoms with Crippen LogP contribution in [0.1, 0.15) is 55.2 Å². The molecular weight excluding hydrogens is 304 g/mol. The summed E-state index contributed by atoms with van der Waals surface area (Å²) in [5.74, 6) is 0.362. The summed E-state index contributed by atoms with van der Waals surface area (Å²) >= 11 is 0. The van der Waals surface area contributed by atoms with Crippen molar-refractivity contribution in [2.75, 3.05) is 0 Å². The van der Waals surface area contributed by atoms with Gasteiger partial charge in [0.15, 0.2) is 0 Å². The van der Waals surface area contributed by atoms with Crippen molar-refractivity contribution in [1.29, 1.82) is 0 Å². The molecule has 2 aliphatic carbocycles. The largest absolute Gasteiger partial charge is 0.426 e. The maximum absolute atomic E-state index is 12.4. The van der Waals surface area contributed by atoms with Crippen LogP contribution in [0.3, 0.4) is 0 Å². The van der Waals surface area contributed by atoms with E-state index in [9.17, 15) is 9.59 Å². The van der Waals surface area contributed by atoms with Crippen LogP contribution in [0.25, 0.3) is 11.0 Å². The average Bonchev–Trinajstić information content (AvgIpc) is 3.09. The Labute approximate surface area is 140 Å². The standard InChI is InChI=1S/C20H22O4/c1-12-17(23-19(21)13-6-3-2-4-7-13)11-10-15-14-8-5-9-16(14)20(22)24-18(12)15/h10-11,13H,2-9H2,1H3. The molecule has 1 aromatic carbocycles. The Kier molecular flexibility index (Phi) is 3.91. The van der Waals surface area contributed by atoms with Gasteiger partial charge in [-0.2, -0.15) is 0 Å². The Morgan fingerprint density at radius 3 is 2.62 bits per heavy atom. The van der Waals surface area contributed by atoms with Crippen LogP contribution < -0.4 is 10.4 Å². The van der Waals surface area contributed by atoms with Crippen molar-refractivity contribution in [3.05, 3.63) is 39.2 Å². The number of hydrogen-bond donors (Lipinski definition) is 0. The number of fused-ring (bicyclic) bond motifs is 3. The Balaban J connectivity index is 1.70. The summed E-state index contributed by atoms with van der Waals surface area (Å²) in [6.07, 6.45) is 7.92. The first-order chi connectivity index (χ1) is 11.6. The molecule has 4 nitrogen and oxygen atoms in total. The van der Waals surface area contributed by atoms with Crippen LogP contribution in [0, 0.1) is 12.8 Å². The molecule has 0 aliphatic heterocycles. The third-order valence-electron chi connectivity index (χ3n) is 5.49. The molecule has 0 atom stereocenters. The second-order valence-electron chi connectivity index (χ2n) is 7.02. The number of ether oxygens (including phenoxy) is 1. The van der Waals surface area contributed by atoms with Gasteiger partial charge in [-0.1, -0.05) is 19.3 Å². The van der Waals surface area contributed by atoms with E-state index < -0.39 is 0 Å². The van der Waals surface area contributed by atoms with Crippen LogP contribution in [-0.4, -0.2) is 5.97 Å². The molecule has 1 heterocycles. The molecule has 2 aliphatic rings. The number of esters is 1. The number of aryl methyl sites for hydroxylation is 2. The molecule has 0 saturated heterocycles. The van der Waals surface area contributed by atoms with Crippen molar-refractivity contribution in [3.8, 4) is 5.75 Å². The minimum Gasteiger partial charge on any atom is -0.426 e. The first-order valence-corrected chi connectivity index (χ1v) is 8.95. The second-order valence-corrected chi connectivity index (χ2v) is 7.02. The van der Waals surface area contributed by atoms with Crippen molar-refractivity contribution < 1.29 is 13.9 Å². The average molecular weight is 326 g/mol. The molecule has 0 amide bonds. The van der Waals surface area contributed by atoms with E-state index in [1.807, 2.05) is 19.1 Å². The molecular formula is C20H22O4. The molecule has 0 N–H and O–H groups in total. The van der Waals surface area contributed by atoms with Crippen molar-refractivity contribution in [1.82, 2.24) is 0 Å². The van der Waals surface area contributed by atoms with Crippen LogP contribution in [0.15, 0.2) is 21.3 Å². The van der Waals surface area contributed by atoms with Crippen LogP contribution >= 0.6 is 0 Å².